The van der Waals surface area contributed by atoms with E-state index in [1.165, 1.54) is 0 Å². The van der Waals surface area contributed by atoms with Crippen LogP contribution in [0.25, 0.3) is 11.1 Å². The standard InChI is InChI=1S/C21H20N4O3/c26-15-5-3-4-14(12-15)20-19-16(22-13-23-19)8-9-24(20)10-11-25-17-6-1-2-7-18(17)28-21(25)27/h1-7,12-13,20,26H,8-11H2,(H,22,23)/t20-/m0/s1. The molecule has 2 aromatic heterocycles. The molecule has 0 unspecified atom stereocenters. The van der Waals surface area contributed by atoms with E-state index in [0.717, 1.165) is 35.4 Å². The monoisotopic (exact) mass is 376 g/mol. The van der Waals surface area contributed by atoms with Gasteiger partial charge in [-0.25, -0.2) is 9.78 Å². The number of fused-ring (bicyclic) bond motifs is 2. The van der Waals surface area contributed by atoms with E-state index in [1.54, 1.807) is 29.1 Å². The molecule has 2 N–H and O–H groups in total. The Morgan fingerprint density at radius 3 is 2.96 bits per heavy atom. The van der Waals surface area contributed by atoms with Crippen LogP contribution in [0, 0.1) is 0 Å². The molecule has 1 atom stereocenters. The molecule has 0 bridgehead atoms. The molecule has 0 fully saturated rings. The number of aromatic nitrogens is 3. The van der Waals surface area contributed by atoms with Crippen LogP contribution in [0.5, 0.6) is 5.75 Å². The Morgan fingerprint density at radius 2 is 2.07 bits per heavy atom. The van der Waals surface area contributed by atoms with Crippen LogP contribution in [0.1, 0.15) is 23.0 Å². The van der Waals surface area contributed by atoms with Gasteiger partial charge in [-0.2, -0.15) is 0 Å². The third kappa shape index (κ3) is 2.80. The van der Waals surface area contributed by atoms with Crippen LogP contribution in [-0.4, -0.2) is 37.6 Å². The summed E-state index contributed by atoms with van der Waals surface area (Å²) in [6, 6.07) is 14.7. The SMILES string of the molecule is O=c1oc2ccccc2n1CCN1CCc2[nH]cnc2[C@@H]1c1cccc(O)c1. The van der Waals surface area contributed by atoms with E-state index in [9.17, 15) is 9.90 Å². The summed E-state index contributed by atoms with van der Waals surface area (Å²) in [5, 5.41) is 9.96. The molecule has 0 saturated heterocycles. The van der Waals surface area contributed by atoms with E-state index in [4.69, 9.17) is 4.42 Å². The Labute approximate surface area is 160 Å². The van der Waals surface area contributed by atoms with Gasteiger partial charge in [-0.3, -0.25) is 9.47 Å². The molecule has 7 nitrogen and oxygen atoms in total. The number of para-hydroxylation sites is 2. The Morgan fingerprint density at radius 1 is 1.18 bits per heavy atom. The molecule has 1 aliphatic heterocycles. The number of benzene rings is 2. The summed E-state index contributed by atoms with van der Waals surface area (Å²) in [7, 11) is 0. The number of nitrogens with zero attached hydrogens (tertiary/aromatic N) is 3. The zero-order chi connectivity index (χ0) is 19.1. The zero-order valence-electron chi connectivity index (χ0n) is 15.2. The van der Waals surface area contributed by atoms with E-state index < -0.39 is 0 Å². The average molecular weight is 376 g/mol. The van der Waals surface area contributed by atoms with Crippen molar-refractivity contribution in [1.82, 2.24) is 19.4 Å². The molecule has 1 aliphatic rings. The Bertz CT molecular complexity index is 1190. The highest BCUT2D eigenvalue weighted by atomic mass is 16.4. The number of hydrogen-bond acceptors (Lipinski definition) is 5. The highest BCUT2D eigenvalue weighted by Crippen LogP contribution is 2.34. The lowest BCUT2D eigenvalue weighted by atomic mass is 9.95. The van der Waals surface area contributed by atoms with Gasteiger partial charge in [-0.1, -0.05) is 24.3 Å². The molecule has 7 heteroatoms. The highest BCUT2D eigenvalue weighted by molar-refractivity contribution is 5.72. The van der Waals surface area contributed by atoms with Gasteiger partial charge in [-0.05, 0) is 29.8 Å². The first kappa shape index (κ1) is 16.8. The van der Waals surface area contributed by atoms with Crippen molar-refractivity contribution in [3.63, 3.8) is 0 Å². The van der Waals surface area contributed by atoms with Crippen molar-refractivity contribution in [2.24, 2.45) is 0 Å². The van der Waals surface area contributed by atoms with Gasteiger partial charge in [0.05, 0.1) is 23.6 Å². The molecule has 4 aromatic rings. The molecule has 0 amide bonds. The first-order valence-corrected chi connectivity index (χ1v) is 9.34. The molecule has 142 valence electrons. The van der Waals surface area contributed by atoms with Crippen molar-refractivity contribution in [1.29, 1.82) is 0 Å². The van der Waals surface area contributed by atoms with Gasteiger partial charge in [-0.15, -0.1) is 0 Å². The van der Waals surface area contributed by atoms with Crippen LogP contribution in [0.15, 0.2) is 64.1 Å². The van der Waals surface area contributed by atoms with Crippen molar-refractivity contribution >= 4 is 11.1 Å². The number of aromatic hydroxyl groups is 1. The minimum absolute atomic E-state index is 0.0732. The van der Waals surface area contributed by atoms with Gasteiger partial charge >= 0.3 is 5.76 Å². The molecular formula is C21H20N4O3. The van der Waals surface area contributed by atoms with Crippen LogP contribution in [0.2, 0.25) is 0 Å². The van der Waals surface area contributed by atoms with Crippen molar-refractivity contribution in [3.05, 3.63) is 82.4 Å². The quantitative estimate of drug-likeness (QED) is 0.572. The normalized spacial score (nSPS) is 17.1. The second-order valence-corrected chi connectivity index (χ2v) is 7.04. The third-order valence-electron chi connectivity index (χ3n) is 5.40. The van der Waals surface area contributed by atoms with Crippen LogP contribution in [0.3, 0.4) is 0 Å². The van der Waals surface area contributed by atoms with E-state index >= 15 is 0 Å². The Hall–Kier alpha value is -3.32. The molecular weight excluding hydrogens is 356 g/mol. The molecule has 0 saturated carbocycles. The summed E-state index contributed by atoms with van der Waals surface area (Å²) in [5.74, 6) is -0.107. The number of aromatic amines is 1. The first-order valence-electron chi connectivity index (χ1n) is 9.34. The second kappa shape index (κ2) is 6.69. The van der Waals surface area contributed by atoms with Crippen LogP contribution in [0.4, 0.5) is 0 Å². The minimum atomic E-state index is -0.340. The topological polar surface area (TPSA) is 87.3 Å². The summed E-state index contributed by atoms with van der Waals surface area (Å²) < 4.78 is 7.02. The van der Waals surface area contributed by atoms with E-state index in [0.29, 0.717) is 18.7 Å². The van der Waals surface area contributed by atoms with Gasteiger partial charge < -0.3 is 14.5 Å². The lowest BCUT2D eigenvalue weighted by molar-refractivity contribution is 0.200. The highest BCUT2D eigenvalue weighted by Gasteiger charge is 2.31. The maximum atomic E-state index is 12.3. The van der Waals surface area contributed by atoms with Crippen molar-refractivity contribution in [2.75, 3.05) is 13.1 Å². The number of imidazole rings is 1. The number of rotatable bonds is 4. The largest absolute Gasteiger partial charge is 0.508 e. The number of H-pyrrole nitrogens is 1. The average Bonchev–Trinajstić information content (AvgIpc) is 3.29. The van der Waals surface area contributed by atoms with Gasteiger partial charge in [0.2, 0.25) is 0 Å². The minimum Gasteiger partial charge on any atom is -0.508 e. The van der Waals surface area contributed by atoms with Crippen LogP contribution >= 0.6 is 0 Å². The summed E-state index contributed by atoms with van der Waals surface area (Å²) in [4.78, 5) is 22.4. The summed E-state index contributed by atoms with van der Waals surface area (Å²) in [5.41, 5.74) is 4.48. The van der Waals surface area contributed by atoms with Gasteiger partial charge in [0, 0.05) is 31.7 Å². The van der Waals surface area contributed by atoms with E-state index in [-0.39, 0.29) is 17.5 Å². The van der Waals surface area contributed by atoms with Crippen molar-refractivity contribution in [3.8, 4) is 5.75 Å². The zero-order valence-corrected chi connectivity index (χ0v) is 15.2. The number of phenols is 1. The van der Waals surface area contributed by atoms with Crippen LogP contribution in [-0.2, 0) is 13.0 Å². The lowest BCUT2D eigenvalue weighted by Gasteiger charge is -2.35. The fraction of sp³-hybridized carbons (Fsp3) is 0.238. The van der Waals surface area contributed by atoms with Crippen LogP contribution < -0.4 is 5.76 Å². The summed E-state index contributed by atoms with van der Waals surface area (Å²) >= 11 is 0. The fourth-order valence-corrected chi connectivity index (χ4v) is 4.08. The maximum Gasteiger partial charge on any atom is 0.419 e. The van der Waals surface area contributed by atoms with Crippen molar-refractivity contribution in [2.45, 2.75) is 19.0 Å². The summed E-state index contributed by atoms with van der Waals surface area (Å²) in [6.45, 7) is 2.01. The van der Waals surface area contributed by atoms with Gasteiger partial charge in [0.1, 0.15) is 5.75 Å². The molecule has 2 aromatic carbocycles. The predicted octanol–water partition coefficient (Wildman–Crippen LogP) is 2.67. The third-order valence-corrected chi connectivity index (χ3v) is 5.40. The van der Waals surface area contributed by atoms with E-state index in [2.05, 4.69) is 14.9 Å². The van der Waals surface area contributed by atoms with Crippen molar-refractivity contribution < 1.29 is 9.52 Å². The number of hydrogen-bond donors (Lipinski definition) is 2. The molecule has 0 spiro atoms. The fourth-order valence-electron chi connectivity index (χ4n) is 4.08. The molecule has 3 heterocycles. The second-order valence-electron chi connectivity index (χ2n) is 7.04. The van der Waals surface area contributed by atoms with E-state index in [1.807, 2.05) is 30.3 Å². The summed E-state index contributed by atoms with van der Waals surface area (Å²) in [6.07, 6.45) is 2.59. The molecule has 5 rings (SSSR count). The molecule has 0 aliphatic carbocycles. The number of phenolic OH excluding ortho intramolecular Hbond substituents is 1. The predicted molar refractivity (Wildman–Crippen MR) is 104 cm³/mol. The number of oxazole rings is 1. The van der Waals surface area contributed by atoms with Gasteiger partial charge in [0.15, 0.2) is 5.58 Å². The smallest absolute Gasteiger partial charge is 0.419 e. The molecule has 28 heavy (non-hydrogen) atoms. The molecule has 0 radical (unpaired) electrons. The lowest BCUT2D eigenvalue weighted by Crippen LogP contribution is -2.39. The maximum absolute atomic E-state index is 12.3. The van der Waals surface area contributed by atoms with Gasteiger partial charge in [0.25, 0.3) is 0 Å². The Balaban J connectivity index is 1.48. The number of nitrogens with one attached hydrogen (secondary N) is 1. The first-order chi connectivity index (χ1) is 13.7. The Kier molecular flexibility index (Phi) is 4.02.